The molecule has 3 heterocycles. The zero-order valence-electron chi connectivity index (χ0n) is 15.5. The number of phenolic OH excluding ortho intramolecular Hbond substituents is 1. The number of ether oxygens (including phenoxy) is 1. The minimum Gasteiger partial charge on any atom is -0.507 e. The van der Waals surface area contributed by atoms with Crippen LogP contribution in [-0.4, -0.2) is 56.1 Å². The first kappa shape index (κ1) is 18.4. The third-order valence-corrected chi connectivity index (χ3v) is 6.35. The van der Waals surface area contributed by atoms with Crippen LogP contribution in [0.4, 0.5) is 8.78 Å². The fourth-order valence-corrected chi connectivity index (χ4v) is 4.76. The van der Waals surface area contributed by atoms with E-state index in [-0.39, 0.29) is 16.9 Å². The minimum atomic E-state index is -1.44. The lowest BCUT2D eigenvalue weighted by Gasteiger charge is -2.32. The average molecular weight is 419 g/mol. The van der Waals surface area contributed by atoms with E-state index in [4.69, 9.17) is 4.74 Å². The molecular weight excluding hydrogens is 400 g/mol. The van der Waals surface area contributed by atoms with Crippen molar-refractivity contribution in [2.45, 2.75) is 37.8 Å². The number of benzene rings is 1. The van der Waals surface area contributed by atoms with Gasteiger partial charge >= 0.3 is 0 Å². The Morgan fingerprint density at radius 2 is 2.10 bits per heavy atom. The molecule has 29 heavy (non-hydrogen) atoms. The monoisotopic (exact) mass is 419 g/mol. The molecule has 10 heteroatoms. The van der Waals surface area contributed by atoms with Crippen LogP contribution in [0, 0.1) is 12.8 Å². The molecule has 2 aromatic heterocycles. The van der Waals surface area contributed by atoms with E-state index in [2.05, 4.69) is 20.6 Å². The first-order chi connectivity index (χ1) is 14.0. The van der Waals surface area contributed by atoms with E-state index in [9.17, 15) is 13.9 Å². The van der Waals surface area contributed by atoms with E-state index in [0.717, 1.165) is 17.0 Å². The van der Waals surface area contributed by atoms with Crippen LogP contribution in [0.25, 0.3) is 16.3 Å². The van der Waals surface area contributed by atoms with Crippen LogP contribution in [0.15, 0.2) is 30.5 Å². The molecule has 1 aliphatic carbocycles. The van der Waals surface area contributed by atoms with Gasteiger partial charge in [-0.2, -0.15) is 5.10 Å². The standard InChI is InChI=1S/C19H19F2N5O2S/c1-9-4-5-26(25-9)11-2-3-12(13(27)7-11)18-23-24-19(29-18)28-14-6-10-8-22-17(15(10)20)16(14)21/h2-5,7,10,14-17,22,27H,6,8H2,1H3. The third-order valence-electron chi connectivity index (χ3n) is 5.50. The van der Waals surface area contributed by atoms with Gasteiger partial charge in [0, 0.05) is 24.7 Å². The second-order valence-corrected chi connectivity index (χ2v) is 8.39. The van der Waals surface area contributed by atoms with Crippen molar-refractivity contribution in [1.29, 1.82) is 0 Å². The van der Waals surface area contributed by atoms with Gasteiger partial charge < -0.3 is 15.2 Å². The molecule has 1 aromatic carbocycles. The van der Waals surface area contributed by atoms with E-state index in [1.807, 2.05) is 25.3 Å². The van der Waals surface area contributed by atoms with Gasteiger partial charge in [0.1, 0.15) is 18.0 Å². The van der Waals surface area contributed by atoms with Gasteiger partial charge in [0.05, 0.1) is 23.0 Å². The van der Waals surface area contributed by atoms with Gasteiger partial charge in [-0.25, -0.2) is 13.5 Å². The molecule has 3 aromatic rings. The number of hydrogen-bond acceptors (Lipinski definition) is 7. The maximum atomic E-state index is 14.6. The molecule has 0 spiro atoms. The van der Waals surface area contributed by atoms with Crippen LogP contribution in [0.2, 0.25) is 0 Å². The van der Waals surface area contributed by atoms with Crippen molar-refractivity contribution in [2.75, 3.05) is 6.54 Å². The molecule has 5 rings (SSSR count). The van der Waals surface area contributed by atoms with Crippen molar-refractivity contribution < 1.29 is 18.6 Å². The lowest BCUT2D eigenvalue weighted by molar-refractivity contribution is 0.00617. The Bertz CT molecular complexity index is 1040. The molecule has 0 amide bonds. The largest absolute Gasteiger partial charge is 0.507 e. The number of aromatic hydroxyl groups is 1. The number of aromatic nitrogens is 4. The molecule has 1 aliphatic heterocycles. The molecule has 2 aliphatic rings. The Hall–Kier alpha value is -2.59. The summed E-state index contributed by atoms with van der Waals surface area (Å²) in [5.74, 6) is -0.214. The highest BCUT2D eigenvalue weighted by Gasteiger charge is 2.51. The normalized spacial score (nSPS) is 28.6. The molecule has 2 N–H and O–H groups in total. The van der Waals surface area contributed by atoms with E-state index >= 15 is 0 Å². The third kappa shape index (κ3) is 3.25. The van der Waals surface area contributed by atoms with Gasteiger partial charge in [-0.15, -0.1) is 5.10 Å². The number of hydrogen-bond donors (Lipinski definition) is 2. The number of alkyl halides is 2. The highest BCUT2D eigenvalue weighted by molar-refractivity contribution is 7.16. The number of rotatable bonds is 4. The maximum absolute atomic E-state index is 14.6. The van der Waals surface area contributed by atoms with Crippen molar-refractivity contribution >= 4 is 11.3 Å². The summed E-state index contributed by atoms with van der Waals surface area (Å²) >= 11 is 1.12. The van der Waals surface area contributed by atoms with E-state index in [0.29, 0.717) is 29.2 Å². The molecule has 1 saturated heterocycles. The highest BCUT2D eigenvalue weighted by atomic mass is 32.1. The zero-order valence-corrected chi connectivity index (χ0v) is 16.3. The Balaban J connectivity index is 1.34. The van der Waals surface area contributed by atoms with Gasteiger partial charge in [0.15, 0.2) is 11.2 Å². The SMILES string of the molecule is Cc1ccn(-c2ccc(-c3nnc(OC4CC5CNC(C5F)C4F)s3)c(O)c2)n1. The highest BCUT2D eigenvalue weighted by Crippen LogP contribution is 2.39. The quantitative estimate of drug-likeness (QED) is 0.677. The molecule has 2 fully saturated rings. The van der Waals surface area contributed by atoms with Crippen LogP contribution in [0.5, 0.6) is 10.9 Å². The van der Waals surface area contributed by atoms with Crippen molar-refractivity contribution in [3.63, 3.8) is 0 Å². The maximum Gasteiger partial charge on any atom is 0.294 e. The molecule has 7 nitrogen and oxygen atoms in total. The molecule has 5 unspecified atom stereocenters. The topological polar surface area (TPSA) is 85.1 Å². The Morgan fingerprint density at radius 1 is 1.24 bits per heavy atom. The second kappa shape index (κ2) is 7.03. The first-order valence-electron chi connectivity index (χ1n) is 9.37. The Morgan fingerprint density at radius 3 is 2.86 bits per heavy atom. The van der Waals surface area contributed by atoms with E-state index in [1.165, 1.54) is 0 Å². The molecule has 5 atom stereocenters. The van der Waals surface area contributed by atoms with Crippen molar-refractivity contribution in [3.8, 4) is 27.2 Å². The predicted molar refractivity (Wildman–Crippen MR) is 103 cm³/mol. The van der Waals surface area contributed by atoms with Gasteiger partial charge in [-0.1, -0.05) is 16.4 Å². The van der Waals surface area contributed by atoms with E-state index in [1.54, 1.807) is 16.8 Å². The smallest absolute Gasteiger partial charge is 0.294 e. The van der Waals surface area contributed by atoms with Crippen LogP contribution in [0.1, 0.15) is 12.1 Å². The molecule has 152 valence electrons. The zero-order chi connectivity index (χ0) is 20.1. The molecular formula is C19H19F2N5O2S. The van der Waals surface area contributed by atoms with E-state index < -0.39 is 24.5 Å². The summed E-state index contributed by atoms with van der Waals surface area (Å²) in [6.45, 7) is 2.35. The van der Waals surface area contributed by atoms with Crippen molar-refractivity contribution in [3.05, 3.63) is 36.2 Å². The number of halogens is 2. The summed E-state index contributed by atoms with van der Waals surface area (Å²) in [6.07, 6.45) is -1.27. The Labute approximate surface area is 169 Å². The summed E-state index contributed by atoms with van der Waals surface area (Å²) in [6, 6.07) is 6.17. The summed E-state index contributed by atoms with van der Waals surface area (Å²) in [5.41, 5.74) is 2.08. The number of aryl methyl sites for hydroxylation is 1. The number of nitrogens with zero attached hydrogens (tertiary/aromatic N) is 4. The number of nitrogens with one attached hydrogen (secondary N) is 1. The summed E-state index contributed by atoms with van der Waals surface area (Å²) in [4.78, 5) is 0. The summed E-state index contributed by atoms with van der Waals surface area (Å²) < 4.78 is 35.9. The van der Waals surface area contributed by atoms with Gasteiger partial charge in [-0.3, -0.25) is 0 Å². The number of phenols is 1. The van der Waals surface area contributed by atoms with Crippen molar-refractivity contribution in [2.24, 2.45) is 5.92 Å². The van der Waals surface area contributed by atoms with Crippen molar-refractivity contribution in [1.82, 2.24) is 25.3 Å². The fourth-order valence-electron chi connectivity index (χ4n) is 3.98. The minimum absolute atomic E-state index is 0.0295. The van der Waals surface area contributed by atoms with Gasteiger partial charge in [0.2, 0.25) is 0 Å². The molecule has 2 bridgehead atoms. The lowest BCUT2D eigenvalue weighted by Crippen LogP contribution is -2.50. The lowest BCUT2D eigenvalue weighted by atomic mass is 9.85. The van der Waals surface area contributed by atoms with Gasteiger partial charge in [0.25, 0.3) is 5.19 Å². The first-order valence-corrected chi connectivity index (χ1v) is 10.2. The second-order valence-electron chi connectivity index (χ2n) is 7.45. The summed E-state index contributed by atoms with van der Waals surface area (Å²) in [7, 11) is 0. The van der Waals surface area contributed by atoms with Crippen LogP contribution >= 0.6 is 11.3 Å². The molecule has 1 saturated carbocycles. The van der Waals surface area contributed by atoms with Crippen LogP contribution < -0.4 is 10.1 Å². The predicted octanol–water partition coefficient (Wildman–Crippen LogP) is 2.82. The summed E-state index contributed by atoms with van der Waals surface area (Å²) in [5, 5.41) is 26.3. The average Bonchev–Trinajstić information content (AvgIpc) is 3.39. The molecule has 0 radical (unpaired) electrons. The number of fused-ring (bicyclic) bond motifs is 2. The van der Waals surface area contributed by atoms with Gasteiger partial charge in [-0.05, 0) is 31.5 Å². The Kier molecular flexibility index (Phi) is 4.47. The van der Waals surface area contributed by atoms with Crippen LogP contribution in [-0.2, 0) is 0 Å². The van der Waals surface area contributed by atoms with Crippen LogP contribution in [0.3, 0.4) is 0 Å². The fraction of sp³-hybridized carbons (Fsp3) is 0.421.